The highest BCUT2D eigenvalue weighted by Gasteiger charge is 2.12. The number of urea groups is 1. The van der Waals surface area contributed by atoms with Crippen LogP contribution in [-0.4, -0.2) is 29.2 Å². The summed E-state index contributed by atoms with van der Waals surface area (Å²) in [5.74, 6) is -0.166. The lowest BCUT2D eigenvalue weighted by molar-refractivity contribution is 0.248. The van der Waals surface area contributed by atoms with E-state index in [9.17, 15) is 9.18 Å². The number of anilines is 1. The number of fused-ring (bicyclic) bond motifs is 1. The van der Waals surface area contributed by atoms with Gasteiger partial charge in [0.05, 0.1) is 18.1 Å². The van der Waals surface area contributed by atoms with Crippen LogP contribution in [0.3, 0.4) is 0 Å². The minimum absolute atomic E-state index is 0.108. The van der Waals surface area contributed by atoms with Crippen molar-refractivity contribution in [1.82, 2.24) is 14.9 Å². The van der Waals surface area contributed by atoms with Gasteiger partial charge >= 0.3 is 6.03 Å². The molecule has 8 heteroatoms. The summed E-state index contributed by atoms with van der Waals surface area (Å²) >= 11 is 0. The standard InChI is InChI=1S/C11H14FN5O2/c1-19-9-5-8-7(4-6(9)12)16-10(13)17(8)3-2-15-11(14)18/h4-5H,2-3H2,1H3,(H2,13,16)(H3,14,15,18). The van der Waals surface area contributed by atoms with Crippen molar-refractivity contribution in [1.29, 1.82) is 0 Å². The van der Waals surface area contributed by atoms with Crippen LogP contribution in [0.2, 0.25) is 0 Å². The third kappa shape index (κ3) is 2.51. The number of ether oxygens (including phenoxy) is 1. The third-order valence-electron chi connectivity index (χ3n) is 2.69. The maximum atomic E-state index is 13.5. The van der Waals surface area contributed by atoms with Crippen molar-refractivity contribution in [2.75, 3.05) is 19.4 Å². The van der Waals surface area contributed by atoms with Crippen molar-refractivity contribution >= 4 is 23.0 Å². The first-order valence-corrected chi connectivity index (χ1v) is 5.55. The number of nitrogen functional groups attached to an aromatic ring is 1. The molecule has 0 aliphatic carbocycles. The number of hydrogen-bond acceptors (Lipinski definition) is 4. The number of rotatable bonds is 4. The molecule has 0 fully saturated rings. The van der Waals surface area contributed by atoms with Crippen LogP contribution >= 0.6 is 0 Å². The van der Waals surface area contributed by atoms with Crippen LogP contribution in [0.15, 0.2) is 12.1 Å². The van der Waals surface area contributed by atoms with Crippen molar-refractivity contribution in [3.05, 3.63) is 17.9 Å². The molecule has 0 saturated heterocycles. The second-order valence-corrected chi connectivity index (χ2v) is 3.89. The Bertz CT molecular complexity index is 625. The van der Waals surface area contributed by atoms with Crippen LogP contribution in [0.1, 0.15) is 0 Å². The molecule has 1 heterocycles. The van der Waals surface area contributed by atoms with E-state index in [-0.39, 0.29) is 11.7 Å². The monoisotopic (exact) mass is 267 g/mol. The summed E-state index contributed by atoms with van der Waals surface area (Å²) in [5, 5.41) is 2.45. The summed E-state index contributed by atoms with van der Waals surface area (Å²) in [6.45, 7) is 0.671. The molecule has 0 bridgehead atoms. The molecule has 2 aromatic rings. The molecule has 0 spiro atoms. The van der Waals surface area contributed by atoms with Crippen LogP contribution in [0.25, 0.3) is 11.0 Å². The number of amides is 2. The Labute approximate surface area is 108 Å². The zero-order valence-electron chi connectivity index (χ0n) is 10.3. The summed E-state index contributed by atoms with van der Waals surface area (Å²) in [6.07, 6.45) is 0. The number of carbonyl (C=O) groups is 1. The summed E-state index contributed by atoms with van der Waals surface area (Å²) in [4.78, 5) is 14.7. The minimum atomic E-state index is -0.619. The highest BCUT2D eigenvalue weighted by molar-refractivity contribution is 5.80. The van der Waals surface area contributed by atoms with Gasteiger partial charge in [0.2, 0.25) is 5.95 Å². The van der Waals surface area contributed by atoms with E-state index in [1.807, 2.05) is 0 Å². The van der Waals surface area contributed by atoms with Gasteiger partial charge in [0.1, 0.15) is 0 Å². The highest BCUT2D eigenvalue weighted by atomic mass is 19.1. The maximum absolute atomic E-state index is 13.5. The molecule has 2 amide bonds. The molecule has 5 N–H and O–H groups in total. The number of carbonyl (C=O) groups excluding carboxylic acids is 1. The fourth-order valence-electron chi connectivity index (χ4n) is 1.83. The van der Waals surface area contributed by atoms with Gasteiger partial charge in [-0.3, -0.25) is 0 Å². The van der Waals surface area contributed by atoms with Crippen LogP contribution in [-0.2, 0) is 6.54 Å². The average Bonchev–Trinajstić information content (AvgIpc) is 2.63. The van der Waals surface area contributed by atoms with E-state index >= 15 is 0 Å². The van der Waals surface area contributed by atoms with Gasteiger partial charge in [-0.15, -0.1) is 0 Å². The van der Waals surface area contributed by atoms with Crippen molar-refractivity contribution in [2.45, 2.75) is 6.54 Å². The molecule has 0 saturated carbocycles. The summed E-state index contributed by atoms with van der Waals surface area (Å²) in [7, 11) is 1.38. The lowest BCUT2D eigenvalue weighted by atomic mass is 10.3. The molecule has 0 radical (unpaired) electrons. The van der Waals surface area contributed by atoms with Gasteiger partial charge < -0.3 is 26.1 Å². The van der Waals surface area contributed by atoms with Gasteiger partial charge in [0.25, 0.3) is 0 Å². The number of primary amides is 1. The zero-order chi connectivity index (χ0) is 14.0. The Morgan fingerprint density at radius 1 is 1.58 bits per heavy atom. The Kier molecular flexibility index (Phi) is 3.41. The van der Waals surface area contributed by atoms with E-state index in [2.05, 4.69) is 10.3 Å². The predicted octanol–water partition coefficient (Wildman–Crippen LogP) is 0.435. The molecular formula is C11H14FN5O2. The molecule has 102 valence electrons. The van der Waals surface area contributed by atoms with E-state index in [1.54, 1.807) is 4.57 Å². The number of methoxy groups -OCH3 is 1. The summed E-state index contributed by atoms with van der Waals surface area (Å²) in [5.41, 5.74) is 11.8. The fourth-order valence-corrected chi connectivity index (χ4v) is 1.83. The Balaban J connectivity index is 2.36. The first-order chi connectivity index (χ1) is 9.02. The van der Waals surface area contributed by atoms with Crippen LogP contribution < -0.4 is 21.5 Å². The van der Waals surface area contributed by atoms with Crippen LogP contribution in [0.4, 0.5) is 15.1 Å². The summed E-state index contributed by atoms with van der Waals surface area (Å²) < 4.78 is 20.1. The smallest absolute Gasteiger partial charge is 0.312 e. The quantitative estimate of drug-likeness (QED) is 0.746. The molecule has 19 heavy (non-hydrogen) atoms. The van der Waals surface area contributed by atoms with Gasteiger partial charge in [-0.05, 0) is 0 Å². The Hall–Kier alpha value is -2.51. The molecule has 2 rings (SSSR count). The van der Waals surface area contributed by atoms with E-state index in [0.717, 1.165) is 0 Å². The molecule has 0 unspecified atom stereocenters. The SMILES string of the molecule is COc1cc2c(cc1F)nc(N)n2CCNC(N)=O. The second kappa shape index (κ2) is 5.01. The van der Waals surface area contributed by atoms with Crippen LogP contribution in [0, 0.1) is 5.82 Å². The van der Waals surface area contributed by atoms with Gasteiger partial charge in [-0.25, -0.2) is 14.2 Å². The molecule has 1 aromatic carbocycles. The van der Waals surface area contributed by atoms with Gasteiger partial charge in [-0.2, -0.15) is 0 Å². The number of nitrogens with two attached hydrogens (primary N) is 2. The largest absolute Gasteiger partial charge is 0.494 e. The number of benzene rings is 1. The van der Waals surface area contributed by atoms with Gasteiger partial charge in [-0.1, -0.05) is 0 Å². The number of halogens is 1. The number of nitrogens with one attached hydrogen (secondary N) is 1. The lowest BCUT2D eigenvalue weighted by Crippen LogP contribution is -2.32. The van der Waals surface area contributed by atoms with Crippen molar-refractivity contribution in [3.63, 3.8) is 0 Å². The maximum Gasteiger partial charge on any atom is 0.312 e. The van der Waals surface area contributed by atoms with Crippen molar-refractivity contribution in [3.8, 4) is 5.75 Å². The third-order valence-corrected chi connectivity index (χ3v) is 2.69. The first kappa shape index (κ1) is 12.9. The van der Waals surface area contributed by atoms with E-state index < -0.39 is 11.8 Å². The molecule has 0 aliphatic rings. The Morgan fingerprint density at radius 3 is 2.95 bits per heavy atom. The van der Waals surface area contributed by atoms with Crippen LogP contribution in [0.5, 0.6) is 5.75 Å². The molecule has 0 atom stereocenters. The molecular weight excluding hydrogens is 253 g/mol. The first-order valence-electron chi connectivity index (χ1n) is 5.55. The predicted molar refractivity (Wildman–Crippen MR) is 68.2 cm³/mol. The number of imidazole rings is 1. The lowest BCUT2D eigenvalue weighted by Gasteiger charge is -2.07. The highest BCUT2D eigenvalue weighted by Crippen LogP contribution is 2.26. The molecule has 1 aromatic heterocycles. The number of hydrogen-bond donors (Lipinski definition) is 3. The van der Waals surface area contributed by atoms with Crippen molar-refractivity contribution in [2.24, 2.45) is 5.73 Å². The van der Waals surface area contributed by atoms with E-state index in [1.165, 1.54) is 19.2 Å². The molecule has 0 aliphatic heterocycles. The summed E-state index contributed by atoms with van der Waals surface area (Å²) in [6, 6.07) is 2.15. The normalized spacial score (nSPS) is 10.6. The molecule has 7 nitrogen and oxygen atoms in total. The number of aromatic nitrogens is 2. The van der Waals surface area contributed by atoms with Gasteiger partial charge in [0.15, 0.2) is 11.6 Å². The Morgan fingerprint density at radius 2 is 2.32 bits per heavy atom. The fraction of sp³-hybridized carbons (Fsp3) is 0.273. The topological polar surface area (TPSA) is 108 Å². The second-order valence-electron chi connectivity index (χ2n) is 3.89. The minimum Gasteiger partial charge on any atom is -0.494 e. The van der Waals surface area contributed by atoms with Crippen molar-refractivity contribution < 1.29 is 13.9 Å². The van der Waals surface area contributed by atoms with Gasteiger partial charge in [0, 0.05) is 25.2 Å². The van der Waals surface area contributed by atoms with E-state index in [4.69, 9.17) is 16.2 Å². The average molecular weight is 267 g/mol. The van der Waals surface area contributed by atoms with E-state index in [0.29, 0.717) is 24.1 Å². The zero-order valence-corrected chi connectivity index (χ0v) is 10.3. The number of nitrogens with zero attached hydrogens (tertiary/aromatic N) is 2.